The van der Waals surface area contributed by atoms with E-state index in [2.05, 4.69) is 10.6 Å². The Balaban J connectivity index is 1.63. The molecule has 2 aromatic heterocycles. The van der Waals surface area contributed by atoms with Crippen LogP contribution in [0.25, 0.3) is 16.9 Å². The number of carbonyl (C=O) groups excluding carboxylic acids is 1. The van der Waals surface area contributed by atoms with Crippen LogP contribution in [0.2, 0.25) is 0 Å². The van der Waals surface area contributed by atoms with Crippen LogP contribution in [0.3, 0.4) is 0 Å². The van der Waals surface area contributed by atoms with Crippen LogP contribution in [-0.4, -0.2) is 44.4 Å². The maximum Gasteiger partial charge on any atom is 0.311 e. The topological polar surface area (TPSA) is 148 Å². The van der Waals surface area contributed by atoms with Crippen molar-refractivity contribution in [3.05, 3.63) is 81.5 Å². The number of benzene rings is 2. The quantitative estimate of drug-likeness (QED) is 0.142. The minimum absolute atomic E-state index is 0.0879. The van der Waals surface area contributed by atoms with Crippen LogP contribution in [0, 0.1) is 29.9 Å². The molecule has 2 heterocycles. The van der Waals surface area contributed by atoms with E-state index in [0.29, 0.717) is 22.7 Å². The molecule has 1 atom stereocenters. The third kappa shape index (κ3) is 6.15. The van der Waals surface area contributed by atoms with E-state index in [1.807, 2.05) is 32.0 Å². The summed E-state index contributed by atoms with van der Waals surface area (Å²) < 4.78 is 6.95. The van der Waals surface area contributed by atoms with Gasteiger partial charge in [-0.1, -0.05) is 37.5 Å². The molecule has 1 saturated carbocycles. The number of aryl methyl sites for hydroxylation is 2. The van der Waals surface area contributed by atoms with Gasteiger partial charge in [-0.15, -0.1) is 0 Å². The highest BCUT2D eigenvalue weighted by Gasteiger charge is 2.29. The summed E-state index contributed by atoms with van der Waals surface area (Å²) in [6, 6.07) is 13.4. The Kier molecular flexibility index (Phi) is 8.61. The zero-order chi connectivity index (χ0) is 30.7. The first-order valence-electron chi connectivity index (χ1n) is 14.4. The van der Waals surface area contributed by atoms with Crippen LogP contribution in [0.1, 0.15) is 60.0 Å². The van der Waals surface area contributed by atoms with Gasteiger partial charge in [0.15, 0.2) is 11.4 Å². The monoisotopic (exact) mass is 585 g/mol. The molecule has 3 N–H and O–H groups in total. The minimum Gasteiger partial charge on any atom is -0.490 e. The van der Waals surface area contributed by atoms with Gasteiger partial charge in [-0.05, 0) is 68.0 Å². The van der Waals surface area contributed by atoms with E-state index in [0.717, 1.165) is 48.9 Å². The molecule has 1 aliphatic carbocycles. The first-order chi connectivity index (χ1) is 20.7. The molecule has 11 nitrogen and oxygen atoms in total. The van der Waals surface area contributed by atoms with Gasteiger partial charge in [0.05, 0.1) is 24.0 Å². The molecular formula is C32H35N5O6. The summed E-state index contributed by atoms with van der Waals surface area (Å²) >= 11 is 0. The molecule has 11 heteroatoms. The second-order valence-electron chi connectivity index (χ2n) is 11.0. The Labute approximate surface area is 249 Å². The highest BCUT2D eigenvalue weighted by molar-refractivity contribution is 6.01. The number of nitro groups is 1. The molecule has 0 spiro atoms. The molecule has 1 amide bonds. The standard InChI is InChI=1S/C32H35N5O6/c1-19-9-7-10-20(2)28(19)34-31-29(22-14-15-26(43-3)25(17-22)37(41)42)35-30-23(13-8-16-36(30)31)32(40)33-24(18-27(38)39)21-11-5-4-6-12-21/h7-10,13-17,21,24,34H,4-6,11-12,18H2,1-3H3,(H,33,40)(H,38,39). The highest BCUT2D eigenvalue weighted by Crippen LogP contribution is 2.38. The molecule has 0 saturated heterocycles. The van der Waals surface area contributed by atoms with Gasteiger partial charge >= 0.3 is 11.7 Å². The number of para-hydroxylation sites is 1. The molecule has 2 aromatic carbocycles. The number of methoxy groups -OCH3 is 1. The van der Waals surface area contributed by atoms with Crippen molar-refractivity contribution in [1.29, 1.82) is 0 Å². The van der Waals surface area contributed by atoms with Crippen molar-refractivity contribution >= 4 is 34.7 Å². The largest absolute Gasteiger partial charge is 0.490 e. The summed E-state index contributed by atoms with van der Waals surface area (Å²) in [4.78, 5) is 41.7. The first-order valence-corrected chi connectivity index (χ1v) is 14.4. The van der Waals surface area contributed by atoms with Crippen molar-refractivity contribution in [3.63, 3.8) is 0 Å². The zero-order valence-corrected chi connectivity index (χ0v) is 24.4. The van der Waals surface area contributed by atoms with E-state index in [1.54, 1.807) is 28.8 Å². The number of aromatic nitrogens is 2. The van der Waals surface area contributed by atoms with Crippen LogP contribution < -0.4 is 15.4 Å². The third-order valence-corrected chi connectivity index (χ3v) is 8.20. The molecule has 1 fully saturated rings. The van der Waals surface area contributed by atoms with Crippen molar-refractivity contribution in [1.82, 2.24) is 14.7 Å². The molecule has 0 radical (unpaired) electrons. The van der Waals surface area contributed by atoms with Crippen molar-refractivity contribution < 1.29 is 24.4 Å². The van der Waals surface area contributed by atoms with Crippen molar-refractivity contribution in [2.45, 2.75) is 58.4 Å². The fourth-order valence-corrected chi connectivity index (χ4v) is 5.98. The summed E-state index contributed by atoms with van der Waals surface area (Å²) in [7, 11) is 1.37. The van der Waals surface area contributed by atoms with E-state index in [-0.39, 0.29) is 29.3 Å². The van der Waals surface area contributed by atoms with Gasteiger partial charge in [0, 0.05) is 29.6 Å². The highest BCUT2D eigenvalue weighted by atomic mass is 16.6. The van der Waals surface area contributed by atoms with Crippen LogP contribution in [0.4, 0.5) is 17.2 Å². The second-order valence-corrected chi connectivity index (χ2v) is 11.0. The van der Waals surface area contributed by atoms with Gasteiger partial charge in [-0.25, -0.2) is 4.98 Å². The lowest BCUT2D eigenvalue weighted by atomic mass is 9.82. The number of pyridine rings is 1. The summed E-state index contributed by atoms with van der Waals surface area (Å²) in [6.45, 7) is 3.95. The van der Waals surface area contributed by atoms with E-state index in [9.17, 15) is 24.8 Å². The van der Waals surface area contributed by atoms with Crippen LogP contribution in [-0.2, 0) is 4.79 Å². The number of hydrogen-bond donors (Lipinski definition) is 3. The fourth-order valence-electron chi connectivity index (χ4n) is 5.98. The second kappa shape index (κ2) is 12.5. The SMILES string of the molecule is COc1ccc(-c2nc3c(C(=O)NC(CC(=O)O)C4CCCCC4)cccn3c2Nc2c(C)cccc2C)cc1[N+](=O)[O-]. The maximum absolute atomic E-state index is 13.8. The number of anilines is 2. The van der Waals surface area contributed by atoms with Crippen LogP contribution >= 0.6 is 0 Å². The number of carboxylic acid groups (broad SMARTS) is 1. The van der Waals surface area contributed by atoms with Crippen molar-refractivity contribution in [2.75, 3.05) is 12.4 Å². The van der Waals surface area contributed by atoms with E-state index in [1.165, 1.54) is 19.2 Å². The fraction of sp³-hybridized carbons (Fsp3) is 0.344. The molecule has 224 valence electrons. The average molecular weight is 586 g/mol. The Morgan fingerprint density at radius 2 is 1.84 bits per heavy atom. The number of nitro benzene ring substituents is 1. The predicted octanol–water partition coefficient (Wildman–Crippen LogP) is 6.43. The number of nitrogens with one attached hydrogen (secondary N) is 2. The molecule has 0 aliphatic heterocycles. The number of nitrogens with zero attached hydrogens (tertiary/aromatic N) is 3. The molecule has 1 unspecified atom stereocenters. The number of carboxylic acids is 1. The Hall–Kier alpha value is -4.93. The number of fused-ring (bicyclic) bond motifs is 1. The van der Waals surface area contributed by atoms with E-state index in [4.69, 9.17) is 9.72 Å². The minimum atomic E-state index is -0.960. The lowest BCUT2D eigenvalue weighted by Gasteiger charge is -2.30. The number of hydrogen-bond acceptors (Lipinski definition) is 7. The van der Waals surface area contributed by atoms with Crippen molar-refractivity contribution in [2.24, 2.45) is 5.92 Å². The van der Waals surface area contributed by atoms with E-state index >= 15 is 0 Å². The number of ether oxygens (including phenoxy) is 1. The smallest absolute Gasteiger partial charge is 0.311 e. The Morgan fingerprint density at radius 1 is 1.12 bits per heavy atom. The summed E-state index contributed by atoms with van der Waals surface area (Å²) in [6.07, 6.45) is 6.49. The number of rotatable bonds is 10. The van der Waals surface area contributed by atoms with Crippen molar-refractivity contribution in [3.8, 4) is 17.0 Å². The predicted molar refractivity (Wildman–Crippen MR) is 163 cm³/mol. The lowest BCUT2D eigenvalue weighted by Crippen LogP contribution is -2.42. The Bertz CT molecular complexity index is 1670. The molecule has 5 rings (SSSR count). The summed E-state index contributed by atoms with van der Waals surface area (Å²) in [5.74, 6) is -0.647. The third-order valence-electron chi connectivity index (χ3n) is 8.20. The number of carbonyl (C=O) groups is 2. The van der Waals surface area contributed by atoms with Gasteiger partial charge in [0.1, 0.15) is 11.5 Å². The number of imidazole rings is 1. The maximum atomic E-state index is 13.8. The van der Waals surface area contributed by atoms with Gasteiger partial charge in [-0.3, -0.25) is 24.1 Å². The Morgan fingerprint density at radius 3 is 2.49 bits per heavy atom. The normalized spacial score (nSPS) is 14.3. The van der Waals surface area contributed by atoms with Gasteiger partial charge in [0.25, 0.3) is 5.91 Å². The number of amides is 1. The lowest BCUT2D eigenvalue weighted by molar-refractivity contribution is -0.385. The zero-order valence-electron chi connectivity index (χ0n) is 24.4. The van der Waals surface area contributed by atoms with E-state index < -0.39 is 22.8 Å². The average Bonchev–Trinajstić information content (AvgIpc) is 3.36. The molecule has 4 aromatic rings. The van der Waals surface area contributed by atoms with Gasteiger partial charge < -0.3 is 20.5 Å². The molecule has 0 bridgehead atoms. The first kappa shape index (κ1) is 29.6. The number of aliphatic carboxylic acids is 1. The molecule has 1 aliphatic rings. The van der Waals surface area contributed by atoms with Crippen LogP contribution in [0.5, 0.6) is 5.75 Å². The van der Waals surface area contributed by atoms with Crippen LogP contribution in [0.15, 0.2) is 54.7 Å². The molecule has 43 heavy (non-hydrogen) atoms. The molecular weight excluding hydrogens is 550 g/mol. The summed E-state index contributed by atoms with van der Waals surface area (Å²) in [5, 5.41) is 27.9. The van der Waals surface area contributed by atoms with Gasteiger partial charge in [0.2, 0.25) is 0 Å². The van der Waals surface area contributed by atoms with Gasteiger partial charge in [-0.2, -0.15) is 0 Å². The summed E-state index contributed by atoms with van der Waals surface area (Å²) in [5.41, 5.74) is 4.08.